The Hall–Kier alpha value is -3.09. The number of ether oxygens (including phenoxy) is 3. The monoisotopic (exact) mass is 387 g/mol. The fraction of sp³-hybridized carbons (Fsp3) is 0.381. The van der Waals surface area contributed by atoms with Crippen LogP contribution in [0.4, 0.5) is 5.69 Å². The van der Waals surface area contributed by atoms with Crippen LogP contribution in [0.15, 0.2) is 46.8 Å². The number of anilines is 1. The SMILES string of the molecule is CCOC(=O)C1C(C(C)=O)=C(C)N(c2ccc(OC)cc2)C(C)=C1C(=O)OC. The predicted octanol–water partition coefficient (Wildman–Crippen LogP) is 3.00. The molecule has 1 aliphatic rings. The minimum atomic E-state index is -1.13. The average Bonchev–Trinajstić information content (AvgIpc) is 2.67. The van der Waals surface area contributed by atoms with E-state index in [0.717, 1.165) is 5.69 Å². The molecular weight excluding hydrogens is 362 g/mol. The molecule has 1 unspecified atom stereocenters. The van der Waals surface area contributed by atoms with Crippen molar-refractivity contribution in [1.29, 1.82) is 0 Å². The summed E-state index contributed by atoms with van der Waals surface area (Å²) >= 11 is 0. The first-order valence-electron chi connectivity index (χ1n) is 8.90. The first kappa shape index (κ1) is 21.2. The van der Waals surface area contributed by atoms with Gasteiger partial charge in [0.05, 0.1) is 26.4 Å². The van der Waals surface area contributed by atoms with Crippen LogP contribution in [-0.4, -0.2) is 38.5 Å². The Labute approximate surface area is 164 Å². The van der Waals surface area contributed by atoms with Crippen molar-refractivity contribution in [3.63, 3.8) is 0 Å². The largest absolute Gasteiger partial charge is 0.497 e. The third kappa shape index (κ3) is 3.78. The maximum absolute atomic E-state index is 12.7. The van der Waals surface area contributed by atoms with Gasteiger partial charge < -0.3 is 19.1 Å². The van der Waals surface area contributed by atoms with Crippen LogP contribution in [0.5, 0.6) is 5.75 Å². The van der Waals surface area contributed by atoms with Crippen molar-refractivity contribution in [2.45, 2.75) is 27.7 Å². The second-order valence-electron chi connectivity index (χ2n) is 6.26. The quantitative estimate of drug-likeness (QED) is 0.694. The van der Waals surface area contributed by atoms with Crippen molar-refractivity contribution in [3.05, 3.63) is 46.8 Å². The fourth-order valence-electron chi connectivity index (χ4n) is 3.47. The normalized spacial score (nSPS) is 16.8. The summed E-state index contributed by atoms with van der Waals surface area (Å²) in [4.78, 5) is 39.5. The number of nitrogens with zero attached hydrogens (tertiary/aromatic N) is 1. The van der Waals surface area contributed by atoms with E-state index >= 15 is 0 Å². The molecule has 1 atom stereocenters. The van der Waals surface area contributed by atoms with E-state index in [0.29, 0.717) is 17.1 Å². The molecule has 0 radical (unpaired) electrons. The number of methoxy groups -OCH3 is 2. The Kier molecular flexibility index (Phi) is 6.62. The van der Waals surface area contributed by atoms with Gasteiger partial charge in [0.2, 0.25) is 0 Å². The second kappa shape index (κ2) is 8.73. The van der Waals surface area contributed by atoms with Crippen LogP contribution < -0.4 is 9.64 Å². The van der Waals surface area contributed by atoms with Crippen molar-refractivity contribution < 1.29 is 28.6 Å². The summed E-state index contributed by atoms with van der Waals surface area (Å²) in [5.74, 6) is -2.10. The van der Waals surface area contributed by atoms with E-state index in [-0.39, 0.29) is 23.5 Å². The molecule has 1 aromatic carbocycles. The van der Waals surface area contributed by atoms with Crippen LogP contribution >= 0.6 is 0 Å². The van der Waals surface area contributed by atoms with Crippen LogP contribution in [0.2, 0.25) is 0 Å². The Balaban J connectivity index is 2.74. The third-order valence-electron chi connectivity index (χ3n) is 4.67. The standard InChI is InChI=1S/C21H25NO6/c1-7-28-21(25)19-17(14(4)23)12(2)22(13(3)18(19)20(24)27-6)15-8-10-16(26-5)11-9-15/h8-11,19H,7H2,1-6H3. The summed E-state index contributed by atoms with van der Waals surface area (Å²) in [7, 11) is 2.81. The van der Waals surface area contributed by atoms with Crippen molar-refractivity contribution in [1.82, 2.24) is 0 Å². The number of allylic oxidation sites excluding steroid dienone is 2. The molecule has 0 aliphatic carbocycles. The molecule has 7 nitrogen and oxygen atoms in total. The molecule has 0 spiro atoms. The molecular formula is C21H25NO6. The molecule has 0 aromatic heterocycles. The van der Waals surface area contributed by atoms with Crippen molar-refractivity contribution >= 4 is 23.4 Å². The summed E-state index contributed by atoms with van der Waals surface area (Å²) < 4.78 is 15.3. The van der Waals surface area contributed by atoms with E-state index in [4.69, 9.17) is 14.2 Å². The number of benzene rings is 1. The van der Waals surface area contributed by atoms with Crippen LogP contribution in [0.1, 0.15) is 27.7 Å². The van der Waals surface area contributed by atoms with E-state index in [1.807, 2.05) is 12.1 Å². The topological polar surface area (TPSA) is 82.1 Å². The Bertz CT molecular complexity index is 850. The number of carbonyl (C=O) groups excluding carboxylic acids is 3. The molecule has 1 aliphatic heterocycles. The van der Waals surface area contributed by atoms with Crippen LogP contribution in [0.3, 0.4) is 0 Å². The van der Waals surface area contributed by atoms with Crippen LogP contribution in [0.25, 0.3) is 0 Å². The first-order chi connectivity index (χ1) is 13.3. The Morgan fingerprint density at radius 3 is 2.04 bits per heavy atom. The summed E-state index contributed by atoms with van der Waals surface area (Å²) in [5.41, 5.74) is 2.07. The summed E-state index contributed by atoms with van der Waals surface area (Å²) in [6, 6.07) is 7.17. The molecule has 7 heteroatoms. The average molecular weight is 387 g/mol. The van der Waals surface area contributed by atoms with E-state index < -0.39 is 17.9 Å². The number of ketones is 1. The number of esters is 2. The minimum Gasteiger partial charge on any atom is -0.497 e. The molecule has 0 amide bonds. The zero-order valence-electron chi connectivity index (χ0n) is 17.0. The number of hydrogen-bond donors (Lipinski definition) is 0. The number of carbonyl (C=O) groups is 3. The number of Topliss-reactive ketones (excluding diaryl/α,β-unsaturated/α-hetero) is 1. The zero-order valence-corrected chi connectivity index (χ0v) is 17.0. The molecule has 1 heterocycles. The van der Waals surface area contributed by atoms with Crippen LogP contribution in [-0.2, 0) is 23.9 Å². The van der Waals surface area contributed by atoms with E-state index in [2.05, 4.69) is 0 Å². The van der Waals surface area contributed by atoms with Gasteiger partial charge in [-0.2, -0.15) is 0 Å². The molecule has 28 heavy (non-hydrogen) atoms. The van der Waals surface area contributed by atoms with Crippen molar-refractivity contribution in [2.75, 3.05) is 25.7 Å². The smallest absolute Gasteiger partial charge is 0.336 e. The van der Waals surface area contributed by atoms with Gasteiger partial charge in [0, 0.05) is 22.7 Å². The predicted molar refractivity (Wildman–Crippen MR) is 104 cm³/mol. The van der Waals surface area contributed by atoms with Gasteiger partial charge >= 0.3 is 11.9 Å². The molecule has 150 valence electrons. The molecule has 0 saturated heterocycles. The van der Waals surface area contributed by atoms with Crippen molar-refractivity contribution in [2.24, 2.45) is 5.92 Å². The number of rotatable bonds is 6. The maximum Gasteiger partial charge on any atom is 0.336 e. The van der Waals surface area contributed by atoms with Gasteiger partial charge in [0.15, 0.2) is 5.78 Å². The van der Waals surface area contributed by atoms with Gasteiger partial charge in [0.1, 0.15) is 11.7 Å². The third-order valence-corrected chi connectivity index (χ3v) is 4.67. The molecule has 1 aromatic rings. The lowest BCUT2D eigenvalue weighted by molar-refractivity contribution is -0.149. The molecule has 0 bridgehead atoms. The zero-order chi connectivity index (χ0) is 21.0. The lowest BCUT2D eigenvalue weighted by atomic mass is 9.82. The van der Waals surface area contributed by atoms with Gasteiger partial charge in [-0.15, -0.1) is 0 Å². The summed E-state index contributed by atoms with van der Waals surface area (Å²) in [6.45, 7) is 6.62. The summed E-state index contributed by atoms with van der Waals surface area (Å²) in [5, 5.41) is 0. The van der Waals surface area contributed by atoms with Crippen LogP contribution in [0, 0.1) is 5.92 Å². The highest BCUT2D eigenvalue weighted by Gasteiger charge is 2.43. The van der Waals surface area contributed by atoms with Gasteiger partial charge in [-0.1, -0.05) is 0 Å². The Morgan fingerprint density at radius 1 is 1.00 bits per heavy atom. The first-order valence-corrected chi connectivity index (χ1v) is 8.90. The molecule has 2 rings (SSSR count). The second-order valence-corrected chi connectivity index (χ2v) is 6.26. The molecule has 0 fully saturated rings. The highest BCUT2D eigenvalue weighted by atomic mass is 16.5. The Morgan fingerprint density at radius 2 is 1.57 bits per heavy atom. The highest BCUT2D eigenvalue weighted by Crippen LogP contribution is 2.40. The fourth-order valence-corrected chi connectivity index (χ4v) is 3.47. The van der Waals surface area contributed by atoms with E-state index in [1.54, 1.807) is 44.9 Å². The van der Waals surface area contributed by atoms with E-state index in [1.165, 1.54) is 14.0 Å². The lowest BCUT2D eigenvalue weighted by Crippen LogP contribution is -2.39. The van der Waals surface area contributed by atoms with Gasteiger partial charge in [0.25, 0.3) is 0 Å². The van der Waals surface area contributed by atoms with Crippen molar-refractivity contribution in [3.8, 4) is 5.75 Å². The van der Waals surface area contributed by atoms with Gasteiger partial charge in [-0.05, 0) is 52.0 Å². The maximum atomic E-state index is 12.7. The highest BCUT2D eigenvalue weighted by molar-refractivity contribution is 6.08. The minimum absolute atomic E-state index is 0.0903. The number of hydrogen-bond acceptors (Lipinski definition) is 7. The molecule has 0 saturated carbocycles. The summed E-state index contributed by atoms with van der Waals surface area (Å²) in [6.07, 6.45) is 0. The molecule has 0 N–H and O–H groups in total. The van der Waals surface area contributed by atoms with Gasteiger partial charge in [-0.25, -0.2) is 4.79 Å². The lowest BCUT2D eigenvalue weighted by Gasteiger charge is -2.36. The van der Waals surface area contributed by atoms with E-state index in [9.17, 15) is 14.4 Å². The van der Waals surface area contributed by atoms with Gasteiger partial charge in [-0.3, -0.25) is 9.59 Å².